The number of para-hydroxylation sites is 1. The monoisotopic (exact) mass is 313 g/mol. The zero-order valence-corrected chi connectivity index (χ0v) is 12.2. The number of carbonyl (C=O) groups excluding carboxylic acids is 2. The molecule has 0 bridgehead atoms. The Bertz CT molecular complexity index is 719. The van der Waals surface area contributed by atoms with Gasteiger partial charge in [-0.3, -0.25) is 4.79 Å². The number of quaternary nitrogens is 1. The van der Waals surface area contributed by atoms with Crippen LogP contribution < -0.4 is 15.7 Å². The lowest BCUT2D eigenvalue weighted by Crippen LogP contribution is -2.91. The topological polar surface area (TPSA) is 123 Å². The third-order valence-corrected chi connectivity index (χ3v) is 3.21. The Morgan fingerprint density at radius 3 is 2.74 bits per heavy atom. The SMILES string of the molecule is N#Cc1ccccc1NC(=O)[C@H](CC(=O)[O-])[NH2+]Cc1ccco1. The Morgan fingerprint density at radius 2 is 2.09 bits per heavy atom. The van der Waals surface area contributed by atoms with Crippen molar-refractivity contribution in [2.24, 2.45) is 0 Å². The Morgan fingerprint density at radius 1 is 1.30 bits per heavy atom. The van der Waals surface area contributed by atoms with Crippen molar-refractivity contribution < 1.29 is 24.4 Å². The minimum atomic E-state index is -1.32. The molecule has 7 heteroatoms. The van der Waals surface area contributed by atoms with E-state index in [1.807, 2.05) is 6.07 Å². The first-order valence-corrected chi connectivity index (χ1v) is 6.95. The van der Waals surface area contributed by atoms with E-state index < -0.39 is 24.3 Å². The molecule has 0 aliphatic carbocycles. The van der Waals surface area contributed by atoms with Gasteiger partial charge in [-0.1, -0.05) is 12.1 Å². The van der Waals surface area contributed by atoms with Crippen molar-refractivity contribution in [3.05, 3.63) is 54.0 Å². The summed E-state index contributed by atoms with van der Waals surface area (Å²) in [5.74, 6) is -1.21. The van der Waals surface area contributed by atoms with Gasteiger partial charge < -0.3 is 25.0 Å². The minimum absolute atomic E-state index is 0.305. The zero-order valence-electron chi connectivity index (χ0n) is 12.2. The van der Waals surface area contributed by atoms with Crippen molar-refractivity contribution >= 4 is 17.6 Å². The summed E-state index contributed by atoms with van der Waals surface area (Å²) < 4.78 is 5.15. The molecule has 2 rings (SSSR count). The van der Waals surface area contributed by atoms with Crippen LogP contribution in [-0.2, 0) is 16.1 Å². The maximum atomic E-state index is 12.3. The van der Waals surface area contributed by atoms with Gasteiger partial charge in [0.2, 0.25) is 0 Å². The summed E-state index contributed by atoms with van der Waals surface area (Å²) in [5, 5.41) is 24.0. The second-order valence-electron chi connectivity index (χ2n) is 4.85. The molecule has 0 aliphatic heterocycles. The number of carboxylic acids is 1. The highest BCUT2D eigenvalue weighted by Gasteiger charge is 2.23. The molecule has 1 amide bonds. The van der Waals surface area contributed by atoms with Crippen LogP contribution in [0.2, 0.25) is 0 Å². The van der Waals surface area contributed by atoms with Gasteiger partial charge in [0.05, 0.1) is 17.5 Å². The number of aliphatic carboxylic acids is 1. The molecule has 0 unspecified atom stereocenters. The van der Waals surface area contributed by atoms with Crippen LogP contribution in [0.5, 0.6) is 0 Å². The molecule has 0 spiro atoms. The highest BCUT2D eigenvalue weighted by atomic mass is 16.4. The third-order valence-electron chi connectivity index (χ3n) is 3.21. The predicted octanol–water partition coefficient (Wildman–Crippen LogP) is -0.638. The highest BCUT2D eigenvalue weighted by molar-refractivity contribution is 5.96. The maximum Gasteiger partial charge on any atom is 0.283 e. The van der Waals surface area contributed by atoms with Crippen LogP contribution in [0, 0.1) is 11.3 Å². The van der Waals surface area contributed by atoms with Gasteiger partial charge in [-0.25, -0.2) is 0 Å². The van der Waals surface area contributed by atoms with Gasteiger partial charge in [-0.2, -0.15) is 5.26 Å². The lowest BCUT2D eigenvalue weighted by molar-refractivity contribution is -0.693. The minimum Gasteiger partial charge on any atom is -0.550 e. The summed E-state index contributed by atoms with van der Waals surface area (Å²) in [5.41, 5.74) is 0.647. The number of carboxylic acid groups (broad SMARTS) is 1. The number of carbonyl (C=O) groups is 2. The van der Waals surface area contributed by atoms with Crippen molar-refractivity contribution in [1.29, 1.82) is 5.26 Å². The van der Waals surface area contributed by atoms with Gasteiger partial charge >= 0.3 is 0 Å². The summed E-state index contributed by atoms with van der Waals surface area (Å²) in [6.45, 7) is 0.318. The van der Waals surface area contributed by atoms with Crippen molar-refractivity contribution in [1.82, 2.24) is 0 Å². The molecule has 23 heavy (non-hydrogen) atoms. The summed E-state index contributed by atoms with van der Waals surface area (Å²) >= 11 is 0. The Hall–Kier alpha value is -3.11. The molecule has 0 radical (unpaired) electrons. The summed E-state index contributed by atoms with van der Waals surface area (Å²) in [6, 6.07) is 11.0. The summed E-state index contributed by atoms with van der Waals surface area (Å²) in [4.78, 5) is 23.2. The number of amides is 1. The van der Waals surface area contributed by atoms with Crippen LogP contribution in [0.4, 0.5) is 5.69 Å². The molecule has 7 nitrogen and oxygen atoms in total. The number of nitrogens with zero attached hydrogens (tertiary/aromatic N) is 1. The number of rotatable bonds is 7. The van der Waals surface area contributed by atoms with E-state index in [-0.39, 0.29) is 0 Å². The zero-order chi connectivity index (χ0) is 16.7. The number of nitriles is 1. The average molecular weight is 313 g/mol. The Kier molecular flexibility index (Phi) is 5.50. The van der Waals surface area contributed by atoms with Crippen molar-refractivity contribution in [2.75, 3.05) is 5.32 Å². The molecule has 2 aromatic rings. The summed E-state index contributed by atoms with van der Waals surface area (Å²) in [6.07, 6.45) is 1.06. The van der Waals surface area contributed by atoms with Crippen LogP contribution >= 0.6 is 0 Å². The fourth-order valence-corrected chi connectivity index (χ4v) is 2.06. The normalized spacial score (nSPS) is 11.4. The first kappa shape index (κ1) is 16.3. The molecule has 118 valence electrons. The second kappa shape index (κ2) is 7.77. The number of hydrogen-bond acceptors (Lipinski definition) is 5. The third kappa shape index (κ3) is 4.69. The first-order chi connectivity index (χ1) is 11.1. The lowest BCUT2D eigenvalue weighted by Gasteiger charge is -2.16. The van der Waals surface area contributed by atoms with Gasteiger partial charge in [0.15, 0.2) is 11.8 Å². The second-order valence-corrected chi connectivity index (χ2v) is 4.85. The molecule has 1 atom stereocenters. The molecular weight excluding hydrogens is 298 g/mol. The molecule has 1 aromatic heterocycles. The van der Waals surface area contributed by atoms with Crippen LogP contribution in [0.3, 0.4) is 0 Å². The quantitative estimate of drug-likeness (QED) is 0.704. The molecular formula is C16H15N3O4. The van der Waals surface area contributed by atoms with Crippen LogP contribution in [0.1, 0.15) is 17.7 Å². The van der Waals surface area contributed by atoms with Gasteiger partial charge in [0, 0.05) is 12.4 Å². The van der Waals surface area contributed by atoms with E-state index in [1.165, 1.54) is 6.26 Å². The Labute approximate surface area is 132 Å². The van der Waals surface area contributed by atoms with Crippen LogP contribution in [-0.4, -0.2) is 17.9 Å². The molecule has 1 heterocycles. The van der Waals surface area contributed by atoms with Gasteiger partial charge in [0.25, 0.3) is 5.91 Å². The van der Waals surface area contributed by atoms with Crippen LogP contribution in [0.25, 0.3) is 0 Å². The van der Waals surface area contributed by atoms with E-state index in [2.05, 4.69) is 5.32 Å². The molecule has 3 N–H and O–H groups in total. The molecule has 0 saturated heterocycles. The smallest absolute Gasteiger partial charge is 0.283 e. The Balaban J connectivity index is 2.06. The predicted molar refractivity (Wildman–Crippen MR) is 77.5 cm³/mol. The number of nitrogens with one attached hydrogen (secondary N) is 1. The van der Waals surface area contributed by atoms with Crippen molar-refractivity contribution in [3.63, 3.8) is 0 Å². The molecule has 1 aromatic carbocycles. The van der Waals surface area contributed by atoms with E-state index in [4.69, 9.17) is 9.68 Å². The standard InChI is InChI=1S/C16H15N3O4/c17-9-11-4-1-2-6-13(11)19-16(22)14(8-15(20)21)18-10-12-5-3-7-23-12/h1-7,14,18H,8,10H2,(H,19,22)(H,20,21)/t14-/m0/s1. The van der Waals surface area contributed by atoms with Crippen LogP contribution in [0.15, 0.2) is 47.1 Å². The molecule has 0 aliphatic rings. The first-order valence-electron chi connectivity index (χ1n) is 6.95. The average Bonchev–Trinajstić information content (AvgIpc) is 3.05. The van der Waals surface area contributed by atoms with E-state index in [1.54, 1.807) is 41.7 Å². The largest absolute Gasteiger partial charge is 0.550 e. The van der Waals surface area contributed by atoms with E-state index in [9.17, 15) is 14.7 Å². The number of nitrogens with two attached hydrogens (primary N) is 1. The fourth-order valence-electron chi connectivity index (χ4n) is 2.06. The van der Waals surface area contributed by atoms with Gasteiger partial charge in [0.1, 0.15) is 12.6 Å². The van der Waals surface area contributed by atoms with Gasteiger partial charge in [-0.15, -0.1) is 0 Å². The fraction of sp³-hybridized carbons (Fsp3) is 0.188. The van der Waals surface area contributed by atoms with Crippen molar-refractivity contribution in [3.8, 4) is 6.07 Å². The van der Waals surface area contributed by atoms with E-state index in [0.29, 0.717) is 23.6 Å². The molecule has 0 fully saturated rings. The number of benzene rings is 1. The van der Waals surface area contributed by atoms with Crippen molar-refractivity contribution in [2.45, 2.75) is 19.0 Å². The number of furan rings is 1. The summed E-state index contributed by atoms with van der Waals surface area (Å²) in [7, 11) is 0. The molecule has 0 saturated carbocycles. The van der Waals surface area contributed by atoms with E-state index in [0.717, 1.165) is 0 Å². The van der Waals surface area contributed by atoms with Gasteiger partial charge in [-0.05, 0) is 24.3 Å². The number of hydrogen-bond donors (Lipinski definition) is 2. The number of anilines is 1. The van der Waals surface area contributed by atoms with E-state index >= 15 is 0 Å². The lowest BCUT2D eigenvalue weighted by atomic mass is 10.1. The highest BCUT2D eigenvalue weighted by Crippen LogP contribution is 2.13. The maximum absolute atomic E-state index is 12.3.